The fourth-order valence-electron chi connectivity index (χ4n) is 3.65. The van der Waals surface area contributed by atoms with Crippen LogP contribution in [-0.4, -0.2) is 34.3 Å². The Balaban J connectivity index is 1.91. The molecule has 1 aromatic rings. The van der Waals surface area contributed by atoms with Crippen molar-refractivity contribution >= 4 is 23.5 Å². The van der Waals surface area contributed by atoms with Crippen LogP contribution in [0.1, 0.15) is 38.2 Å². The average molecular weight is 321 g/mol. The molecule has 0 radical (unpaired) electrons. The first-order valence-corrected chi connectivity index (χ1v) is 8.36. The second-order valence-electron chi connectivity index (χ2n) is 6.04. The monoisotopic (exact) mass is 320 g/mol. The predicted molar refractivity (Wildman–Crippen MR) is 85.5 cm³/mol. The minimum atomic E-state index is -0.171. The Labute approximate surface area is 136 Å². The third kappa shape index (κ3) is 2.60. The highest BCUT2D eigenvalue weighted by Crippen LogP contribution is 2.35. The molecule has 0 spiro atoms. The minimum Gasteiger partial charge on any atom is -0.316 e. The van der Waals surface area contributed by atoms with Gasteiger partial charge in [0.05, 0.1) is 5.92 Å². The van der Waals surface area contributed by atoms with Crippen molar-refractivity contribution in [2.24, 2.45) is 5.92 Å². The Morgan fingerprint density at radius 3 is 2.64 bits per heavy atom. The van der Waals surface area contributed by atoms with Crippen LogP contribution in [0.25, 0.3) is 0 Å². The molecule has 1 aliphatic heterocycles. The maximum atomic E-state index is 12.7. The van der Waals surface area contributed by atoms with Gasteiger partial charge in [-0.3, -0.25) is 9.69 Å². The molecular weight excluding hydrogens is 300 g/mol. The molecule has 22 heavy (non-hydrogen) atoms. The van der Waals surface area contributed by atoms with Crippen LogP contribution in [0.5, 0.6) is 0 Å². The summed E-state index contributed by atoms with van der Waals surface area (Å²) >= 11 is 6.25. The molecule has 3 amide bonds. The molecule has 2 aliphatic rings. The number of rotatable bonds is 3. The van der Waals surface area contributed by atoms with Gasteiger partial charge in [0.2, 0.25) is 5.91 Å². The summed E-state index contributed by atoms with van der Waals surface area (Å²) < 4.78 is 0. The van der Waals surface area contributed by atoms with Gasteiger partial charge in [-0.25, -0.2) is 4.79 Å². The number of nitrogens with zero attached hydrogens (tertiary/aromatic N) is 2. The number of carbonyl (C=O) groups is 2. The molecule has 0 N–H and O–H groups in total. The molecule has 1 saturated carbocycles. The molecule has 1 heterocycles. The maximum Gasteiger partial charge on any atom is 0.327 e. The van der Waals surface area contributed by atoms with E-state index in [0.717, 1.165) is 31.2 Å². The second kappa shape index (κ2) is 6.29. The SMILES string of the molecule is CCN1C(=O)C2CCCCC2N(Cc2ccccc2Cl)C1=O. The first kappa shape index (κ1) is 15.3. The first-order valence-electron chi connectivity index (χ1n) is 7.99. The molecule has 118 valence electrons. The Hall–Kier alpha value is -1.55. The van der Waals surface area contributed by atoms with Crippen LogP contribution in [-0.2, 0) is 11.3 Å². The smallest absolute Gasteiger partial charge is 0.316 e. The molecule has 0 bridgehead atoms. The van der Waals surface area contributed by atoms with E-state index in [1.54, 1.807) is 0 Å². The summed E-state index contributed by atoms with van der Waals surface area (Å²) in [7, 11) is 0. The van der Waals surface area contributed by atoms with Gasteiger partial charge in [0.1, 0.15) is 0 Å². The van der Waals surface area contributed by atoms with Gasteiger partial charge >= 0.3 is 6.03 Å². The number of amides is 3. The Morgan fingerprint density at radius 2 is 1.91 bits per heavy atom. The summed E-state index contributed by atoms with van der Waals surface area (Å²) in [4.78, 5) is 28.5. The van der Waals surface area contributed by atoms with Crippen molar-refractivity contribution in [3.8, 4) is 0 Å². The molecule has 4 nitrogen and oxygen atoms in total. The number of carbonyl (C=O) groups excluding carboxylic acids is 2. The zero-order valence-electron chi connectivity index (χ0n) is 12.8. The van der Waals surface area contributed by atoms with Crippen LogP contribution >= 0.6 is 11.6 Å². The lowest BCUT2D eigenvalue weighted by atomic mass is 9.81. The van der Waals surface area contributed by atoms with Crippen molar-refractivity contribution < 1.29 is 9.59 Å². The van der Waals surface area contributed by atoms with E-state index >= 15 is 0 Å². The minimum absolute atomic E-state index is 0.00705. The lowest BCUT2D eigenvalue weighted by Crippen LogP contribution is -2.61. The summed E-state index contributed by atoms with van der Waals surface area (Å²) in [6.07, 6.45) is 3.93. The third-order valence-corrected chi connectivity index (χ3v) is 5.17. The van der Waals surface area contributed by atoms with Crippen molar-refractivity contribution in [1.82, 2.24) is 9.80 Å². The number of hydrogen-bond acceptors (Lipinski definition) is 2. The van der Waals surface area contributed by atoms with Crippen LogP contribution in [0.3, 0.4) is 0 Å². The summed E-state index contributed by atoms with van der Waals surface area (Å²) in [6.45, 7) is 2.76. The van der Waals surface area contributed by atoms with E-state index in [-0.39, 0.29) is 23.9 Å². The number of urea groups is 1. The quantitative estimate of drug-likeness (QED) is 0.852. The van der Waals surface area contributed by atoms with Crippen molar-refractivity contribution in [3.05, 3.63) is 34.9 Å². The topological polar surface area (TPSA) is 40.6 Å². The van der Waals surface area contributed by atoms with Crippen LogP contribution in [0, 0.1) is 5.92 Å². The lowest BCUT2D eigenvalue weighted by Gasteiger charge is -2.46. The Bertz CT molecular complexity index is 590. The second-order valence-corrected chi connectivity index (χ2v) is 6.45. The van der Waals surface area contributed by atoms with E-state index in [4.69, 9.17) is 11.6 Å². The standard InChI is InChI=1S/C17H21ClN2O2/c1-2-19-16(21)13-8-4-6-10-15(13)20(17(19)22)11-12-7-3-5-9-14(12)18/h3,5,7,9,13,15H,2,4,6,8,10-11H2,1H3. The first-order chi connectivity index (χ1) is 10.6. The van der Waals surface area contributed by atoms with Gasteiger partial charge in [-0.05, 0) is 31.4 Å². The van der Waals surface area contributed by atoms with E-state index < -0.39 is 0 Å². The van der Waals surface area contributed by atoms with Crippen molar-refractivity contribution in [1.29, 1.82) is 0 Å². The fraction of sp³-hybridized carbons (Fsp3) is 0.529. The fourth-order valence-corrected chi connectivity index (χ4v) is 3.85. The van der Waals surface area contributed by atoms with Crippen LogP contribution < -0.4 is 0 Å². The van der Waals surface area contributed by atoms with Crippen molar-refractivity contribution in [3.63, 3.8) is 0 Å². The Morgan fingerprint density at radius 1 is 1.18 bits per heavy atom. The van der Waals surface area contributed by atoms with E-state index in [1.165, 1.54) is 4.90 Å². The zero-order chi connectivity index (χ0) is 15.7. The van der Waals surface area contributed by atoms with Gasteiger partial charge in [0.15, 0.2) is 0 Å². The van der Waals surface area contributed by atoms with Gasteiger partial charge in [-0.15, -0.1) is 0 Å². The van der Waals surface area contributed by atoms with E-state index in [1.807, 2.05) is 36.1 Å². The molecule has 5 heteroatoms. The summed E-state index contributed by atoms with van der Waals surface area (Å²) in [5.41, 5.74) is 0.937. The summed E-state index contributed by atoms with van der Waals surface area (Å²) in [6, 6.07) is 7.45. The Kier molecular flexibility index (Phi) is 4.39. The van der Waals surface area contributed by atoms with Crippen LogP contribution in [0.2, 0.25) is 5.02 Å². The summed E-state index contributed by atoms with van der Waals surface area (Å²) in [5.74, 6) is -0.0403. The molecular formula is C17H21ClN2O2. The maximum absolute atomic E-state index is 12.7. The third-order valence-electron chi connectivity index (χ3n) is 4.80. The van der Waals surface area contributed by atoms with Gasteiger partial charge in [0.25, 0.3) is 0 Å². The molecule has 3 rings (SSSR count). The largest absolute Gasteiger partial charge is 0.327 e. The number of hydrogen-bond donors (Lipinski definition) is 0. The zero-order valence-corrected chi connectivity index (χ0v) is 13.6. The van der Waals surface area contributed by atoms with E-state index in [2.05, 4.69) is 0 Å². The van der Waals surface area contributed by atoms with Crippen LogP contribution in [0.4, 0.5) is 4.79 Å². The highest BCUT2D eigenvalue weighted by molar-refractivity contribution is 6.31. The van der Waals surface area contributed by atoms with Gasteiger partial charge in [-0.2, -0.15) is 0 Å². The van der Waals surface area contributed by atoms with Gasteiger partial charge < -0.3 is 4.90 Å². The van der Waals surface area contributed by atoms with Crippen molar-refractivity contribution in [2.75, 3.05) is 6.54 Å². The van der Waals surface area contributed by atoms with E-state index in [9.17, 15) is 9.59 Å². The predicted octanol–water partition coefficient (Wildman–Crippen LogP) is 3.68. The molecule has 2 atom stereocenters. The molecule has 1 aliphatic carbocycles. The lowest BCUT2D eigenvalue weighted by molar-refractivity contribution is -0.140. The van der Waals surface area contributed by atoms with Gasteiger partial charge in [-0.1, -0.05) is 42.6 Å². The summed E-state index contributed by atoms with van der Waals surface area (Å²) in [5, 5.41) is 0.669. The van der Waals surface area contributed by atoms with Crippen molar-refractivity contribution in [2.45, 2.75) is 45.2 Å². The van der Waals surface area contributed by atoms with E-state index in [0.29, 0.717) is 18.1 Å². The number of imide groups is 1. The van der Waals surface area contributed by atoms with Gasteiger partial charge in [0, 0.05) is 24.2 Å². The van der Waals surface area contributed by atoms with Crippen LogP contribution in [0.15, 0.2) is 24.3 Å². The number of halogens is 1. The normalized spacial score (nSPS) is 25.4. The highest BCUT2D eigenvalue weighted by Gasteiger charge is 2.46. The molecule has 2 fully saturated rings. The molecule has 1 saturated heterocycles. The number of benzene rings is 1. The molecule has 0 aromatic heterocycles. The molecule has 2 unspecified atom stereocenters. The number of fused-ring (bicyclic) bond motifs is 1. The average Bonchev–Trinajstić information content (AvgIpc) is 2.54. The highest BCUT2D eigenvalue weighted by atomic mass is 35.5. The molecule has 1 aromatic carbocycles.